The van der Waals surface area contributed by atoms with Crippen LogP contribution >= 0.6 is 15.9 Å². The molecule has 11 atom stereocenters. The van der Waals surface area contributed by atoms with Crippen LogP contribution in [0, 0.1) is 44.8 Å². The molecule has 1 unspecified atom stereocenters. The summed E-state index contributed by atoms with van der Waals surface area (Å²) in [4.78, 5) is 13.2. The Bertz CT molecular complexity index is 956. The number of aliphatic hydroxyl groups is 2. The highest BCUT2D eigenvalue weighted by molar-refractivity contribution is 9.10. The molecule has 2 spiro atoms. The Morgan fingerprint density at radius 2 is 1.57 bits per heavy atom. The second-order valence-corrected chi connectivity index (χ2v) is 16.7. The van der Waals surface area contributed by atoms with Crippen LogP contribution in [0.5, 0.6) is 0 Å². The number of ether oxygens (including phenoxy) is 1. The number of ketones is 1. The molecule has 0 bridgehead atoms. The van der Waals surface area contributed by atoms with Gasteiger partial charge >= 0.3 is 0 Å². The van der Waals surface area contributed by atoms with Gasteiger partial charge in [0.2, 0.25) is 0 Å². The fourth-order valence-corrected chi connectivity index (χ4v) is 13.1. The van der Waals surface area contributed by atoms with Crippen molar-refractivity contribution in [2.75, 3.05) is 0 Å². The van der Waals surface area contributed by atoms with Crippen LogP contribution in [0.15, 0.2) is 0 Å². The number of carbonyl (C=O) groups excluding carboxylic acids is 1. The number of hydrogen-bond donors (Lipinski definition) is 2. The van der Waals surface area contributed by atoms with Crippen LogP contribution in [-0.4, -0.2) is 44.2 Å². The fraction of sp³-hybridized carbons (Fsp3) is 0.967. The largest absolute Gasteiger partial charge is 0.393 e. The third-order valence-corrected chi connectivity index (χ3v) is 14.3. The van der Waals surface area contributed by atoms with E-state index in [4.69, 9.17) is 4.74 Å². The minimum absolute atomic E-state index is 0.00992. The van der Waals surface area contributed by atoms with Gasteiger partial charge < -0.3 is 14.9 Å². The number of alkyl halides is 1. The van der Waals surface area contributed by atoms with E-state index in [2.05, 4.69) is 50.5 Å². The quantitative estimate of drug-likeness (QED) is 0.411. The molecule has 1 heterocycles. The number of carbonyl (C=O) groups is 1. The molecule has 198 valence electrons. The zero-order valence-corrected chi connectivity index (χ0v) is 24.5. The van der Waals surface area contributed by atoms with Gasteiger partial charge in [-0.15, -0.1) is 0 Å². The molecule has 0 aromatic carbocycles. The predicted octanol–water partition coefficient (Wildman–Crippen LogP) is 6.05. The van der Waals surface area contributed by atoms with Gasteiger partial charge in [0.1, 0.15) is 0 Å². The van der Waals surface area contributed by atoms with Crippen LogP contribution in [-0.2, 0) is 9.53 Å². The fourth-order valence-electron chi connectivity index (χ4n) is 11.9. The molecule has 1 saturated heterocycles. The third-order valence-electron chi connectivity index (χ3n) is 13.5. The molecule has 5 saturated carbocycles. The van der Waals surface area contributed by atoms with E-state index in [9.17, 15) is 15.0 Å². The molecule has 0 aromatic heterocycles. The molecule has 1 aliphatic heterocycles. The summed E-state index contributed by atoms with van der Waals surface area (Å²) >= 11 is 3.81. The Hall–Kier alpha value is 0.0300. The SMILES string of the molecule is CC(C)(O)[C@@H]1CC[C@](C)(C2[C@@H](O)C[C@@]3(C)[C@@H]4CC[C@H]5C(C)(C)C(=O)[C@H](Br)C[C@@]56C[C@@]46CC[C@]23C)O1. The van der Waals surface area contributed by atoms with Gasteiger partial charge in [-0.3, -0.25) is 4.79 Å². The van der Waals surface area contributed by atoms with Crippen molar-refractivity contribution in [1.29, 1.82) is 0 Å². The van der Waals surface area contributed by atoms with Gasteiger partial charge in [0.15, 0.2) is 5.78 Å². The summed E-state index contributed by atoms with van der Waals surface area (Å²) in [5, 5.41) is 22.4. The molecular formula is C30H47BrO4. The van der Waals surface area contributed by atoms with E-state index in [1.54, 1.807) is 0 Å². The lowest BCUT2D eigenvalue weighted by molar-refractivity contribution is -0.192. The van der Waals surface area contributed by atoms with Crippen LogP contribution < -0.4 is 0 Å². The number of aliphatic hydroxyl groups excluding tert-OH is 1. The first-order chi connectivity index (χ1) is 16.0. The van der Waals surface area contributed by atoms with Gasteiger partial charge in [-0.2, -0.15) is 0 Å². The molecule has 0 aromatic rings. The average Bonchev–Trinajstić information content (AvgIpc) is 3.10. The molecule has 2 N–H and O–H groups in total. The second-order valence-electron chi connectivity index (χ2n) is 15.6. The lowest BCUT2D eigenvalue weighted by atomic mass is 9.41. The Morgan fingerprint density at radius 1 is 0.914 bits per heavy atom. The number of hydrogen-bond acceptors (Lipinski definition) is 4. The smallest absolute Gasteiger partial charge is 0.152 e. The highest BCUT2D eigenvalue weighted by Gasteiger charge is 2.84. The maximum Gasteiger partial charge on any atom is 0.152 e. The van der Waals surface area contributed by atoms with E-state index < -0.39 is 11.2 Å². The van der Waals surface area contributed by atoms with Crippen LogP contribution in [0.1, 0.15) is 106 Å². The number of fused-ring (bicyclic) bond motifs is 2. The zero-order chi connectivity index (χ0) is 25.6. The van der Waals surface area contributed by atoms with Crippen molar-refractivity contribution < 1.29 is 19.7 Å². The van der Waals surface area contributed by atoms with E-state index >= 15 is 0 Å². The highest BCUT2D eigenvalue weighted by Crippen LogP contribution is 2.89. The maximum absolute atomic E-state index is 13.2. The Labute approximate surface area is 220 Å². The Kier molecular flexibility index (Phi) is 5.04. The van der Waals surface area contributed by atoms with Crippen molar-refractivity contribution in [3.63, 3.8) is 0 Å². The van der Waals surface area contributed by atoms with Gasteiger partial charge in [-0.25, -0.2) is 0 Å². The molecule has 6 rings (SSSR count). The Balaban J connectivity index is 1.35. The summed E-state index contributed by atoms with van der Waals surface area (Å²) in [6.07, 6.45) is 9.02. The molecule has 6 fully saturated rings. The molecule has 0 radical (unpaired) electrons. The summed E-state index contributed by atoms with van der Waals surface area (Å²) in [6.45, 7) is 15.3. The normalized spacial score (nSPS) is 58.9. The molecule has 35 heavy (non-hydrogen) atoms. The monoisotopic (exact) mass is 550 g/mol. The zero-order valence-electron chi connectivity index (χ0n) is 22.9. The summed E-state index contributed by atoms with van der Waals surface area (Å²) in [6, 6.07) is 0. The van der Waals surface area contributed by atoms with E-state index in [0.29, 0.717) is 23.0 Å². The number of halogens is 1. The summed E-state index contributed by atoms with van der Waals surface area (Å²) in [7, 11) is 0. The second kappa shape index (κ2) is 6.96. The summed E-state index contributed by atoms with van der Waals surface area (Å²) in [5.74, 6) is 1.59. The first-order valence-electron chi connectivity index (χ1n) is 14.3. The van der Waals surface area contributed by atoms with Gasteiger partial charge in [0.25, 0.3) is 0 Å². The summed E-state index contributed by atoms with van der Waals surface area (Å²) in [5.41, 5.74) is -0.827. The van der Waals surface area contributed by atoms with E-state index in [1.807, 2.05) is 13.8 Å². The van der Waals surface area contributed by atoms with Gasteiger partial charge in [-0.05, 0) is 112 Å². The number of Topliss-reactive ketones (excluding diaryl/α,β-unsaturated/α-hetero) is 1. The highest BCUT2D eigenvalue weighted by atomic mass is 79.9. The minimum Gasteiger partial charge on any atom is -0.393 e. The third kappa shape index (κ3) is 2.83. The van der Waals surface area contributed by atoms with Crippen LogP contribution in [0.2, 0.25) is 0 Å². The standard InChI is InChI=1S/C30H47BrO4/c1-24(2)19-8-9-20-27(6)15-18(32)22(28(7)11-10-21(35-28)25(3,4)34)26(27,5)12-13-29(20)16-30(19,29)14-17(31)23(24)33/h17-22,32,34H,8-16H2,1-7H3/t17-,18+,19+,20+,21+,22?,26-,27+,28-,29+,30-/m1/s1. The predicted molar refractivity (Wildman–Crippen MR) is 140 cm³/mol. The Morgan fingerprint density at radius 3 is 2.20 bits per heavy atom. The van der Waals surface area contributed by atoms with Crippen molar-refractivity contribution in [1.82, 2.24) is 0 Å². The van der Waals surface area contributed by atoms with Crippen LogP contribution in [0.4, 0.5) is 0 Å². The first-order valence-corrected chi connectivity index (χ1v) is 15.2. The van der Waals surface area contributed by atoms with Crippen molar-refractivity contribution >= 4 is 21.7 Å². The van der Waals surface area contributed by atoms with Crippen molar-refractivity contribution in [3.05, 3.63) is 0 Å². The van der Waals surface area contributed by atoms with E-state index in [0.717, 1.165) is 38.5 Å². The average molecular weight is 552 g/mol. The van der Waals surface area contributed by atoms with Crippen molar-refractivity contribution in [3.8, 4) is 0 Å². The minimum atomic E-state index is -0.863. The van der Waals surface area contributed by atoms with Gasteiger partial charge in [0.05, 0.1) is 28.2 Å². The van der Waals surface area contributed by atoms with Crippen LogP contribution in [0.25, 0.3) is 0 Å². The molecule has 5 heteroatoms. The molecule has 6 aliphatic rings. The topological polar surface area (TPSA) is 66.8 Å². The maximum atomic E-state index is 13.2. The van der Waals surface area contributed by atoms with Gasteiger partial charge in [0, 0.05) is 11.3 Å². The lowest BCUT2D eigenvalue weighted by Crippen LogP contribution is -2.60. The van der Waals surface area contributed by atoms with E-state index in [1.165, 1.54) is 19.3 Å². The molecule has 4 nitrogen and oxygen atoms in total. The summed E-state index contributed by atoms with van der Waals surface area (Å²) < 4.78 is 6.68. The lowest BCUT2D eigenvalue weighted by Gasteiger charge is -2.63. The van der Waals surface area contributed by atoms with Gasteiger partial charge in [-0.1, -0.05) is 43.6 Å². The van der Waals surface area contributed by atoms with Crippen molar-refractivity contribution in [2.45, 2.75) is 134 Å². The van der Waals surface area contributed by atoms with Crippen molar-refractivity contribution in [2.24, 2.45) is 44.8 Å². The first kappa shape index (κ1) is 25.3. The molecule has 5 aliphatic carbocycles. The molecular weight excluding hydrogens is 504 g/mol. The molecule has 0 amide bonds. The van der Waals surface area contributed by atoms with Crippen LogP contribution in [0.3, 0.4) is 0 Å². The van der Waals surface area contributed by atoms with E-state index in [-0.39, 0.29) is 44.6 Å². The number of rotatable bonds is 2.